The first-order chi connectivity index (χ1) is 17.6. The second-order valence-corrected chi connectivity index (χ2v) is 11.1. The Bertz CT molecular complexity index is 1230. The molecule has 0 aliphatic carbocycles. The van der Waals surface area contributed by atoms with Crippen LogP contribution >= 0.6 is 27.5 Å². The number of piperazine rings is 1. The van der Waals surface area contributed by atoms with Crippen molar-refractivity contribution in [1.82, 2.24) is 9.21 Å². The summed E-state index contributed by atoms with van der Waals surface area (Å²) in [4.78, 5) is 19.5. The second-order valence-electron chi connectivity index (χ2n) is 7.88. The van der Waals surface area contributed by atoms with Crippen molar-refractivity contribution in [3.63, 3.8) is 0 Å². The summed E-state index contributed by atoms with van der Waals surface area (Å²) in [6, 6.07) is 9.44. The molecule has 1 aliphatic heterocycles. The Morgan fingerprint density at radius 3 is 2.18 bits per heavy atom. The number of carbonyl (C=O) groups is 2. The summed E-state index contributed by atoms with van der Waals surface area (Å²) >= 11 is 9.25. The van der Waals surface area contributed by atoms with E-state index in [9.17, 15) is 26.7 Å². The van der Waals surface area contributed by atoms with Gasteiger partial charge in [-0.05, 0) is 36.4 Å². The van der Waals surface area contributed by atoms with Gasteiger partial charge in [0.25, 0.3) is 0 Å². The maximum atomic E-state index is 13.0. The number of alkyl halides is 3. The number of carboxylic acid groups (broad SMARTS) is 2. The van der Waals surface area contributed by atoms with E-state index in [-0.39, 0.29) is 31.3 Å². The third kappa shape index (κ3) is 9.39. The van der Waals surface area contributed by atoms with E-state index in [0.717, 1.165) is 20.9 Å². The van der Waals surface area contributed by atoms with Crippen LogP contribution in [0.3, 0.4) is 0 Å². The Balaban J connectivity index is 0.000000757. The lowest BCUT2D eigenvalue weighted by Crippen LogP contribution is -2.50. The Kier molecular flexibility index (Phi) is 11.4. The van der Waals surface area contributed by atoms with Crippen molar-refractivity contribution in [1.29, 1.82) is 0 Å². The van der Waals surface area contributed by atoms with Gasteiger partial charge in [0, 0.05) is 37.2 Å². The molecule has 1 atom stereocenters. The van der Waals surface area contributed by atoms with E-state index in [0.29, 0.717) is 24.9 Å². The molecule has 210 valence electrons. The highest BCUT2D eigenvalue weighted by Crippen LogP contribution is 2.34. The predicted octanol–water partition coefficient (Wildman–Crippen LogP) is 3.02. The van der Waals surface area contributed by atoms with Crippen LogP contribution in [0, 0.1) is 0 Å². The average Bonchev–Trinajstić information content (AvgIpc) is 2.83. The fourth-order valence-corrected chi connectivity index (χ4v) is 5.57. The van der Waals surface area contributed by atoms with Gasteiger partial charge < -0.3 is 20.1 Å². The molecule has 0 aromatic heterocycles. The van der Waals surface area contributed by atoms with Gasteiger partial charge in [0.15, 0.2) is 0 Å². The topological polar surface area (TPSA) is 145 Å². The molecular formula is C22H23BrClF3N2O8S. The first kappa shape index (κ1) is 31.8. The van der Waals surface area contributed by atoms with Gasteiger partial charge in [0.2, 0.25) is 10.0 Å². The lowest BCUT2D eigenvalue weighted by Gasteiger charge is -2.35. The summed E-state index contributed by atoms with van der Waals surface area (Å²) in [7, 11) is -4.19. The fraction of sp³-hybridized carbons (Fsp3) is 0.364. The lowest BCUT2D eigenvalue weighted by atomic mass is 10.2. The van der Waals surface area contributed by atoms with Gasteiger partial charge in [-0.25, -0.2) is 18.0 Å². The van der Waals surface area contributed by atoms with Gasteiger partial charge in [0.1, 0.15) is 23.4 Å². The largest absolute Gasteiger partial charge is 0.491 e. The van der Waals surface area contributed by atoms with E-state index < -0.39 is 44.7 Å². The van der Waals surface area contributed by atoms with Crippen molar-refractivity contribution in [2.24, 2.45) is 0 Å². The van der Waals surface area contributed by atoms with Crippen LogP contribution in [0.4, 0.5) is 13.2 Å². The molecule has 0 radical (unpaired) electrons. The molecule has 2 aromatic carbocycles. The molecule has 0 bridgehead atoms. The van der Waals surface area contributed by atoms with Crippen molar-refractivity contribution >= 4 is 49.5 Å². The van der Waals surface area contributed by atoms with E-state index >= 15 is 0 Å². The molecule has 1 fully saturated rings. The Hall–Kier alpha value is -2.43. The average molecular weight is 648 g/mol. The summed E-state index contributed by atoms with van der Waals surface area (Å²) < 4.78 is 72.3. The van der Waals surface area contributed by atoms with Crippen LogP contribution in [-0.4, -0.2) is 90.3 Å². The zero-order valence-corrected chi connectivity index (χ0v) is 22.6. The van der Waals surface area contributed by atoms with Gasteiger partial charge in [-0.1, -0.05) is 33.6 Å². The normalized spacial score (nSPS) is 15.7. The number of benzene rings is 2. The standard InChI is InChI=1S/C20H21BrClF3N2O4S.C2H2O4/c21-15-2-1-3-17(11-15)31-13-16(28)12-26-6-8-27(9-7-26)32(29,30)19-10-14(20(23,24)25)4-5-18(19)22;3-1(4)2(5)6/h1-5,10-11,16,28H,6-9,12-13H2;(H,3,4)(H,5,6). The maximum absolute atomic E-state index is 13.0. The van der Waals surface area contributed by atoms with Crippen molar-refractivity contribution in [2.75, 3.05) is 39.3 Å². The molecule has 0 saturated carbocycles. The predicted molar refractivity (Wildman–Crippen MR) is 133 cm³/mol. The number of halogens is 5. The number of aliphatic hydroxyl groups is 1. The third-order valence-corrected chi connectivity index (χ3v) is 7.97. The quantitative estimate of drug-likeness (QED) is 0.386. The molecule has 38 heavy (non-hydrogen) atoms. The van der Waals surface area contributed by atoms with Gasteiger partial charge in [-0.3, -0.25) is 4.90 Å². The van der Waals surface area contributed by atoms with Crippen LogP contribution < -0.4 is 4.74 Å². The van der Waals surface area contributed by atoms with Crippen molar-refractivity contribution in [3.05, 3.63) is 57.5 Å². The molecule has 3 rings (SSSR count). The molecule has 1 unspecified atom stereocenters. The summed E-state index contributed by atoms with van der Waals surface area (Å²) in [5, 5.41) is 24.8. The van der Waals surface area contributed by atoms with Crippen molar-refractivity contribution in [2.45, 2.75) is 17.2 Å². The first-order valence-electron chi connectivity index (χ1n) is 10.7. The Morgan fingerprint density at radius 2 is 1.66 bits per heavy atom. The smallest absolute Gasteiger partial charge is 0.416 e. The summed E-state index contributed by atoms with van der Waals surface area (Å²) in [5.41, 5.74) is -1.08. The number of nitrogens with zero attached hydrogens (tertiary/aromatic N) is 2. The summed E-state index contributed by atoms with van der Waals surface area (Å²) in [6.45, 7) is 1.08. The van der Waals surface area contributed by atoms with E-state index in [1.807, 2.05) is 17.0 Å². The molecule has 3 N–H and O–H groups in total. The number of aliphatic hydroxyl groups excluding tert-OH is 1. The molecule has 1 heterocycles. The van der Waals surface area contributed by atoms with Crippen molar-refractivity contribution in [3.8, 4) is 5.75 Å². The SMILES string of the molecule is O=C(O)C(=O)O.O=S(=O)(c1cc(C(F)(F)F)ccc1Cl)N1CCN(CC(O)COc2cccc(Br)c2)CC1. The number of rotatable bonds is 7. The zero-order valence-electron chi connectivity index (χ0n) is 19.4. The highest BCUT2D eigenvalue weighted by Gasteiger charge is 2.35. The number of β-amino-alcohol motifs (C(OH)–C–C–N with tert-alkyl or cyclic N) is 1. The number of ether oxygens (including phenoxy) is 1. The number of hydrogen-bond acceptors (Lipinski definition) is 7. The van der Waals surface area contributed by atoms with E-state index in [1.54, 1.807) is 12.1 Å². The van der Waals surface area contributed by atoms with Gasteiger partial charge in [0.05, 0.1) is 10.6 Å². The molecule has 0 amide bonds. The minimum Gasteiger partial charge on any atom is -0.491 e. The molecule has 16 heteroatoms. The molecule has 10 nitrogen and oxygen atoms in total. The molecular weight excluding hydrogens is 625 g/mol. The van der Waals surface area contributed by atoms with Crippen LogP contribution in [0.5, 0.6) is 5.75 Å². The lowest BCUT2D eigenvalue weighted by molar-refractivity contribution is -0.159. The fourth-order valence-electron chi connectivity index (χ4n) is 3.27. The number of carboxylic acids is 2. The second kappa shape index (κ2) is 13.6. The van der Waals surface area contributed by atoms with Crippen LogP contribution in [0.2, 0.25) is 5.02 Å². The number of aliphatic carboxylic acids is 2. The molecule has 2 aromatic rings. The minimum absolute atomic E-state index is 0.0636. The molecule has 0 spiro atoms. The maximum Gasteiger partial charge on any atom is 0.416 e. The molecule has 1 aliphatic rings. The van der Waals surface area contributed by atoms with Crippen LogP contribution in [0.25, 0.3) is 0 Å². The highest BCUT2D eigenvalue weighted by atomic mass is 79.9. The van der Waals surface area contributed by atoms with Crippen molar-refractivity contribution < 1.29 is 51.2 Å². The Morgan fingerprint density at radius 1 is 1.05 bits per heavy atom. The van der Waals surface area contributed by atoms with Crippen LogP contribution in [0.1, 0.15) is 5.56 Å². The first-order valence-corrected chi connectivity index (χ1v) is 13.3. The van der Waals surface area contributed by atoms with Crippen LogP contribution in [0.15, 0.2) is 51.8 Å². The monoisotopic (exact) mass is 646 g/mol. The van der Waals surface area contributed by atoms with Gasteiger partial charge >= 0.3 is 18.1 Å². The van der Waals surface area contributed by atoms with Crippen LogP contribution in [-0.2, 0) is 25.8 Å². The third-order valence-electron chi connectivity index (χ3n) is 5.10. The number of hydrogen-bond donors (Lipinski definition) is 3. The molecule has 1 saturated heterocycles. The Labute approximate surface area is 229 Å². The van der Waals surface area contributed by atoms with E-state index in [2.05, 4.69) is 15.9 Å². The summed E-state index contributed by atoms with van der Waals surface area (Å²) in [6.07, 6.45) is -5.48. The zero-order chi connectivity index (χ0) is 28.7. The minimum atomic E-state index is -4.68. The number of sulfonamides is 1. The van der Waals surface area contributed by atoms with Gasteiger partial charge in [-0.15, -0.1) is 0 Å². The summed E-state index contributed by atoms with van der Waals surface area (Å²) in [5.74, 6) is -3.04. The van der Waals surface area contributed by atoms with E-state index in [4.69, 9.17) is 36.1 Å². The van der Waals surface area contributed by atoms with Gasteiger partial charge in [-0.2, -0.15) is 17.5 Å². The van der Waals surface area contributed by atoms with E-state index in [1.165, 1.54) is 0 Å². The highest BCUT2D eigenvalue weighted by molar-refractivity contribution is 9.10.